The Morgan fingerprint density at radius 2 is 1.20 bits per heavy atom. The van der Waals surface area contributed by atoms with E-state index >= 15 is 0 Å². The highest BCUT2D eigenvalue weighted by Crippen LogP contribution is 2.52. The summed E-state index contributed by atoms with van der Waals surface area (Å²) in [7, 11) is -4.59. The normalized spacial score (nSPS) is 14.4. The number of unbranched alkanes of at least 4 members (excludes halogenated alkanes) is 6. The smallest absolute Gasteiger partial charge is 0.113 e. The van der Waals surface area contributed by atoms with Crippen LogP contribution < -0.4 is 5.30 Å². The van der Waals surface area contributed by atoms with Crippen molar-refractivity contribution in [3.05, 3.63) is 30.3 Å². The van der Waals surface area contributed by atoms with Crippen LogP contribution in [0.2, 0.25) is 0 Å². The number of benzene rings is 1. The third-order valence-corrected chi connectivity index (χ3v) is 11.2. The van der Waals surface area contributed by atoms with Crippen LogP contribution in [0.4, 0.5) is 0 Å². The van der Waals surface area contributed by atoms with Gasteiger partial charge in [-0.15, -0.1) is 0 Å². The van der Waals surface area contributed by atoms with Crippen molar-refractivity contribution in [3.63, 3.8) is 0 Å². The fourth-order valence-corrected chi connectivity index (χ4v) is 9.55. The van der Waals surface area contributed by atoms with E-state index in [9.17, 15) is 9.13 Å². The number of hydrogen-bond donors (Lipinski definition) is 0. The summed E-state index contributed by atoms with van der Waals surface area (Å²) in [6.45, 7) is 6.27. The Labute approximate surface area is 155 Å². The zero-order chi connectivity index (χ0) is 18.6. The molecule has 25 heavy (non-hydrogen) atoms. The molecule has 2 nitrogen and oxygen atoms in total. The molecule has 1 atom stereocenters. The standard InChI is InChI=1S/C21H38O2P2/c1-4-6-8-13-17-25(23,18-14-9-7-5-2)20-19-24(3,22)21-15-11-10-12-16-21/h10-12,15-16H,4-9,13-14,17-20H2,1-3H3/t24-/m0/s1. The summed E-state index contributed by atoms with van der Waals surface area (Å²) in [6.07, 6.45) is 12.3. The minimum absolute atomic E-state index is 0.593. The van der Waals surface area contributed by atoms with E-state index in [4.69, 9.17) is 0 Å². The third-order valence-electron chi connectivity index (χ3n) is 5.07. The minimum Gasteiger partial charge on any atom is -0.324 e. The SMILES string of the molecule is CCCCCCP(=O)(CCCCCC)CC[P@](C)(=O)c1ccccc1. The third kappa shape index (κ3) is 9.25. The molecule has 0 aromatic heterocycles. The Hall–Kier alpha value is -0.320. The van der Waals surface area contributed by atoms with E-state index in [1.807, 2.05) is 37.0 Å². The number of hydrogen-bond acceptors (Lipinski definition) is 2. The summed E-state index contributed by atoms with van der Waals surface area (Å²) in [5, 5.41) is 0.929. The fraction of sp³-hybridized carbons (Fsp3) is 0.714. The topological polar surface area (TPSA) is 34.1 Å². The second kappa shape index (κ2) is 12.1. The molecule has 0 aliphatic carbocycles. The van der Waals surface area contributed by atoms with Crippen molar-refractivity contribution in [2.24, 2.45) is 0 Å². The van der Waals surface area contributed by atoms with E-state index in [1.54, 1.807) is 0 Å². The largest absolute Gasteiger partial charge is 0.324 e. The maximum absolute atomic E-state index is 13.5. The molecule has 0 aliphatic heterocycles. The molecular weight excluding hydrogens is 346 g/mol. The van der Waals surface area contributed by atoms with Crippen LogP contribution in [0.3, 0.4) is 0 Å². The van der Waals surface area contributed by atoms with Gasteiger partial charge < -0.3 is 9.13 Å². The van der Waals surface area contributed by atoms with Crippen LogP contribution in [0, 0.1) is 0 Å². The lowest BCUT2D eigenvalue weighted by molar-refractivity contribution is 0.564. The van der Waals surface area contributed by atoms with Crippen LogP contribution in [0.25, 0.3) is 0 Å². The van der Waals surface area contributed by atoms with Gasteiger partial charge in [0.15, 0.2) is 0 Å². The van der Waals surface area contributed by atoms with Crippen LogP contribution in [0.1, 0.15) is 65.2 Å². The van der Waals surface area contributed by atoms with Crippen molar-refractivity contribution in [2.75, 3.05) is 31.3 Å². The van der Waals surface area contributed by atoms with Gasteiger partial charge in [-0.25, -0.2) is 0 Å². The molecule has 0 spiro atoms. The molecule has 0 amide bonds. The van der Waals surface area contributed by atoms with Gasteiger partial charge in [-0.3, -0.25) is 0 Å². The van der Waals surface area contributed by atoms with Crippen molar-refractivity contribution < 1.29 is 9.13 Å². The molecule has 0 heterocycles. The Bertz CT molecular complexity index is 538. The van der Waals surface area contributed by atoms with Gasteiger partial charge in [-0.1, -0.05) is 82.7 Å². The molecule has 1 rings (SSSR count). The van der Waals surface area contributed by atoms with Crippen LogP contribution in [-0.2, 0) is 9.13 Å². The van der Waals surface area contributed by atoms with Crippen LogP contribution in [0.15, 0.2) is 30.3 Å². The van der Waals surface area contributed by atoms with Crippen molar-refractivity contribution >= 4 is 19.6 Å². The molecule has 4 heteroatoms. The molecule has 1 aromatic carbocycles. The van der Waals surface area contributed by atoms with Crippen LogP contribution >= 0.6 is 14.3 Å². The monoisotopic (exact) mass is 384 g/mol. The highest BCUT2D eigenvalue weighted by atomic mass is 31.2. The number of rotatable bonds is 14. The molecule has 0 unspecified atom stereocenters. The molecule has 0 radical (unpaired) electrons. The first-order valence-corrected chi connectivity index (χ1v) is 14.7. The Morgan fingerprint density at radius 1 is 0.680 bits per heavy atom. The van der Waals surface area contributed by atoms with Gasteiger partial charge in [0, 0.05) is 30.0 Å². The van der Waals surface area contributed by atoms with Gasteiger partial charge in [0.05, 0.1) is 7.14 Å². The summed E-state index contributed by atoms with van der Waals surface area (Å²) in [4.78, 5) is 0. The lowest BCUT2D eigenvalue weighted by atomic mass is 10.2. The molecule has 0 fully saturated rings. The Balaban J connectivity index is 2.64. The molecule has 144 valence electrons. The first-order valence-electron chi connectivity index (χ1n) is 10.1. The summed E-state index contributed by atoms with van der Waals surface area (Å²) >= 11 is 0. The lowest BCUT2D eigenvalue weighted by Gasteiger charge is -2.21. The van der Waals surface area contributed by atoms with Crippen molar-refractivity contribution in [3.8, 4) is 0 Å². The molecule has 1 aromatic rings. The predicted molar refractivity (Wildman–Crippen MR) is 115 cm³/mol. The quantitative estimate of drug-likeness (QED) is 0.260. The average molecular weight is 384 g/mol. The van der Waals surface area contributed by atoms with Crippen molar-refractivity contribution in [1.82, 2.24) is 0 Å². The van der Waals surface area contributed by atoms with Crippen molar-refractivity contribution in [2.45, 2.75) is 65.2 Å². The van der Waals surface area contributed by atoms with Gasteiger partial charge in [-0.2, -0.15) is 0 Å². The van der Waals surface area contributed by atoms with Crippen LogP contribution in [0.5, 0.6) is 0 Å². The summed E-state index contributed by atoms with van der Waals surface area (Å²) < 4.78 is 26.6. The highest BCUT2D eigenvalue weighted by Gasteiger charge is 2.26. The van der Waals surface area contributed by atoms with Gasteiger partial charge in [0.2, 0.25) is 0 Å². The van der Waals surface area contributed by atoms with Crippen molar-refractivity contribution in [1.29, 1.82) is 0 Å². The van der Waals surface area contributed by atoms with E-state index < -0.39 is 14.3 Å². The molecular formula is C21H38O2P2. The molecule has 0 saturated carbocycles. The van der Waals surface area contributed by atoms with Gasteiger partial charge in [-0.05, 0) is 19.5 Å². The fourth-order valence-electron chi connectivity index (χ4n) is 3.23. The average Bonchev–Trinajstić information content (AvgIpc) is 2.62. The van der Waals surface area contributed by atoms with Gasteiger partial charge in [0.1, 0.15) is 7.14 Å². The summed E-state index contributed by atoms with van der Waals surface area (Å²) in [5.74, 6) is 0. The first kappa shape index (κ1) is 22.7. The molecule has 0 N–H and O–H groups in total. The maximum atomic E-state index is 13.5. The second-order valence-corrected chi connectivity index (χ2v) is 14.1. The zero-order valence-electron chi connectivity index (χ0n) is 16.6. The van der Waals surface area contributed by atoms with E-state index in [1.165, 1.54) is 38.5 Å². The Morgan fingerprint density at radius 3 is 1.68 bits per heavy atom. The zero-order valence-corrected chi connectivity index (χ0v) is 18.4. The molecule has 0 aliphatic rings. The summed E-state index contributed by atoms with van der Waals surface area (Å²) in [6, 6.07) is 9.75. The summed E-state index contributed by atoms with van der Waals surface area (Å²) in [5.41, 5.74) is 0. The highest BCUT2D eigenvalue weighted by molar-refractivity contribution is 7.72. The maximum Gasteiger partial charge on any atom is 0.113 e. The Kier molecular flexibility index (Phi) is 11.0. The second-order valence-electron chi connectivity index (χ2n) is 7.51. The van der Waals surface area contributed by atoms with E-state index in [0.717, 1.165) is 30.5 Å². The van der Waals surface area contributed by atoms with E-state index in [-0.39, 0.29) is 0 Å². The van der Waals surface area contributed by atoms with E-state index in [2.05, 4.69) is 13.8 Å². The van der Waals surface area contributed by atoms with Gasteiger partial charge in [0.25, 0.3) is 0 Å². The van der Waals surface area contributed by atoms with Crippen LogP contribution in [-0.4, -0.2) is 31.3 Å². The van der Waals surface area contributed by atoms with Gasteiger partial charge >= 0.3 is 0 Å². The molecule has 0 bridgehead atoms. The predicted octanol–water partition coefficient (Wildman–Crippen LogP) is 6.83. The van der Waals surface area contributed by atoms with E-state index in [0.29, 0.717) is 12.3 Å². The minimum atomic E-state index is -2.40. The molecule has 0 saturated heterocycles. The first-order chi connectivity index (χ1) is 11.9. The lowest BCUT2D eigenvalue weighted by Crippen LogP contribution is -2.11.